The van der Waals surface area contributed by atoms with Crippen LogP contribution in [0.4, 0.5) is 0 Å². The van der Waals surface area contributed by atoms with Gasteiger partial charge in [-0.05, 0) is 11.6 Å². The highest BCUT2D eigenvalue weighted by Crippen LogP contribution is 2.24. The zero-order valence-corrected chi connectivity index (χ0v) is 16.4. The first kappa shape index (κ1) is 23.7. The molecule has 31 heavy (non-hydrogen) atoms. The van der Waals surface area contributed by atoms with E-state index in [2.05, 4.69) is 0 Å². The Morgan fingerprint density at radius 3 is 2.32 bits per heavy atom. The monoisotopic (exact) mass is 442 g/mol. The van der Waals surface area contributed by atoms with Crippen molar-refractivity contribution < 1.29 is 54.4 Å². The average Bonchev–Trinajstić information content (AvgIpc) is 2.77. The average molecular weight is 442 g/mol. The van der Waals surface area contributed by atoms with E-state index in [-0.39, 0.29) is 6.61 Å². The van der Waals surface area contributed by atoms with Crippen LogP contribution in [0.3, 0.4) is 0 Å². The van der Waals surface area contributed by atoms with Crippen molar-refractivity contribution in [2.75, 3.05) is 13.2 Å². The fourth-order valence-electron chi connectivity index (χ4n) is 3.15. The molecule has 0 unspecified atom stereocenters. The molecule has 2 aliphatic heterocycles. The van der Waals surface area contributed by atoms with Crippen LogP contribution in [0.15, 0.2) is 36.4 Å². The first-order valence-electron chi connectivity index (χ1n) is 9.68. The molecule has 2 heterocycles. The van der Waals surface area contributed by atoms with E-state index in [9.17, 15) is 35.4 Å². The molecule has 0 aromatic heterocycles. The molecule has 11 heteroatoms. The lowest BCUT2D eigenvalue weighted by Crippen LogP contribution is -2.60. The first-order valence-corrected chi connectivity index (χ1v) is 9.68. The van der Waals surface area contributed by atoms with Gasteiger partial charge in [-0.15, -0.1) is 0 Å². The van der Waals surface area contributed by atoms with E-state index >= 15 is 0 Å². The van der Waals surface area contributed by atoms with Crippen LogP contribution in [0.2, 0.25) is 0 Å². The predicted molar refractivity (Wildman–Crippen MR) is 102 cm³/mol. The van der Waals surface area contributed by atoms with Crippen LogP contribution in [0.25, 0.3) is 6.08 Å². The standard InChI is InChI=1S/C20H26O11/c21-11-8-28-19(17(26)14(11)23)29-9-12-15(24)16(25)18(27)20(30-12)31-13(22)7-6-10-4-2-1-3-5-10/h1-7,11-12,14-21,23-27H,8-9H2/t11-,12+,14-,15+,16-,17+,18+,19-,20-/m0/s1. The second kappa shape index (κ2) is 10.6. The molecular weight excluding hydrogens is 416 g/mol. The molecule has 2 fully saturated rings. The lowest BCUT2D eigenvalue weighted by atomic mass is 9.99. The Kier molecular flexibility index (Phi) is 8.11. The lowest BCUT2D eigenvalue weighted by Gasteiger charge is -2.41. The molecule has 0 spiro atoms. The topological polar surface area (TPSA) is 175 Å². The van der Waals surface area contributed by atoms with Gasteiger partial charge in [0.2, 0.25) is 6.29 Å². The first-order chi connectivity index (χ1) is 14.8. The molecular formula is C20H26O11. The normalized spacial score (nSPS) is 38.8. The highest BCUT2D eigenvalue weighted by Gasteiger charge is 2.46. The molecule has 0 radical (unpaired) electrons. The summed E-state index contributed by atoms with van der Waals surface area (Å²) in [6, 6.07) is 8.92. The summed E-state index contributed by atoms with van der Waals surface area (Å²) in [4.78, 5) is 12.1. The molecule has 11 nitrogen and oxygen atoms in total. The molecule has 2 saturated heterocycles. The molecule has 2 aliphatic rings. The summed E-state index contributed by atoms with van der Waals surface area (Å²) in [6.45, 7) is -0.726. The van der Waals surface area contributed by atoms with Crippen molar-refractivity contribution in [1.82, 2.24) is 0 Å². The molecule has 0 aliphatic carbocycles. The fraction of sp³-hybridized carbons (Fsp3) is 0.550. The van der Waals surface area contributed by atoms with Crippen molar-refractivity contribution in [2.24, 2.45) is 0 Å². The van der Waals surface area contributed by atoms with Gasteiger partial charge in [-0.25, -0.2) is 4.79 Å². The maximum absolute atomic E-state index is 12.1. The second-order valence-electron chi connectivity index (χ2n) is 7.28. The Morgan fingerprint density at radius 1 is 0.935 bits per heavy atom. The molecule has 1 aromatic carbocycles. The number of aliphatic hydroxyl groups is 6. The van der Waals surface area contributed by atoms with Crippen LogP contribution in [0.1, 0.15) is 5.56 Å². The molecule has 3 rings (SSSR count). The number of aliphatic hydroxyl groups excluding tert-OH is 6. The summed E-state index contributed by atoms with van der Waals surface area (Å²) in [5.74, 6) is -0.848. The molecule has 0 bridgehead atoms. The van der Waals surface area contributed by atoms with Gasteiger partial charge in [0.15, 0.2) is 6.29 Å². The van der Waals surface area contributed by atoms with Crippen LogP contribution in [0.5, 0.6) is 0 Å². The Bertz CT molecular complexity index is 742. The summed E-state index contributed by atoms with van der Waals surface area (Å²) in [7, 11) is 0. The number of benzene rings is 1. The van der Waals surface area contributed by atoms with E-state index in [4.69, 9.17) is 18.9 Å². The van der Waals surface area contributed by atoms with E-state index in [0.29, 0.717) is 0 Å². The third-order valence-electron chi connectivity index (χ3n) is 4.99. The van der Waals surface area contributed by atoms with Crippen molar-refractivity contribution in [1.29, 1.82) is 0 Å². The van der Waals surface area contributed by atoms with Crippen LogP contribution in [-0.2, 0) is 23.7 Å². The predicted octanol–water partition coefficient (Wildman–Crippen LogP) is -2.49. The molecule has 9 atom stereocenters. The van der Waals surface area contributed by atoms with E-state index in [1.54, 1.807) is 24.3 Å². The van der Waals surface area contributed by atoms with Crippen molar-refractivity contribution in [2.45, 2.75) is 55.3 Å². The van der Waals surface area contributed by atoms with Gasteiger partial charge in [0, 0.05) is 6.08 Å². The summed E-state index contributed by atoms with van der Waals surface area (Å²) in [5.41, 5.74) is 0.740. The van der Waals surface area contributed by atoms with Gasteiger partial charge in [0.25, 0.3) is 0 Å². The summed E-state index contributed by atoms with van der Waals surface area (Å²) >= 11 is 0. The Balaban J connectivity index is 1.57. The zero-order valence-electron chi connectivity index (χ0n) is 16.4. The van der Waals surface area contributed by atoms with Gasteiger partial charge in [0.1, 0.15) is 42.7 Å². The highest BCUT2D eigenvalue weighted by atomic mass is 16.7. The molecule has 0 saturated carbocycles. The lowest BCUT2D eigenvalue weighted by molar-refractivity contribution is -0.314. The third kappa shape index (κ3) is 5.86. The van der Waals surface area contributed by atoms with E-state index < -0.39 is 67.9 Å². The largest absolute Gasteiger partial charge is 0.430 e. The quantitative estimate of drug-likeness (QED) is 0.203. The number of rotatable bonds is 6. The van der Waals surface area contributed by atoms with Gasteiger partial charge in [-0.2, -0.15) is 0 Å². The molecule has 6 N–H and O–H groups in total. The van der Waals surface area contributed by atoms with Crippen LogP contribution >= 0.6 is 0 Å². The minimum atomic E-state index is -1.71. The molecule has 0 amide bonds. The van der Waals surface area contributed by atoms with Gasteiger partial charge in [-0.1, -0.05) is 30.3 Å². The van der Waals surface area contributed by atoms with Gasteiger partial charge >= 0.3 is 5.97 Å². The van der Waals surface area contributed by atoms with E-state index in [1.807, 2.05) is 6.07 Å². The smallest absolute Gasteiger partial charge is 0.333 e. The molecule has 1 aromatic rings. The Hall–Kier alpha value is -1.93. The van der Waals surface area contributed by atoms with E-state index in [1.165, 1.54) is 6.08 Å². The van der Waals surface area contributed by atoms with Crippen molar-refractivity contribution in [3.63, 3.8) is 0 Å². The maximum Gasteiger partial charge on any atom is 0.333 e. The number of carbonyl (C=O) groups excluding carboxylic acids is 1. The van der Waals surface area contributed by atoms with Gasteiger partial charge < -0.3 is 49.6 Å². The summed E-state index contributed by atoms with van der Waals surface area (Å²) in [6.07, 6.45) is -10.9. The van der Waals surface area contributed by atoms with Crippen molar-refractivity contribution >= 4 is 12.0 Å². The van der Waals surface area contributed by atoms with Crippen LogP contribution in [0, 0.1) is 0 Å². The molecule has 172 valence electrons. The highest BCUT2D eigenvalue weighted by molar-refractivity contribution is 5.87. The Labute approximate surface area is 177 Å². The van der Waals surface area contributed by atoms with Crippen molar-refractivity contribution in [3.8, 4) is 0 Å². The minimum absolute atomic E-state index is 0.285. The second-order valence-corrected chi connectivity index (χ2v) is 7.28. The third-order valence-corrected chi connectivity index (χ3v) is 4.99. The number of hydrogen-bond donors (Lipinski definition) is 6. The minimum Gasteiger partial charge on any atom is -0.430 e. The maximum atomic E-state index is 12.1. The number of hydrogen-bond acceptors (Lipinski definition) is 11. The zero-order chi connectivity index (χ0) is 22.5. The summed E-state index contributed by atoms with van der Waals surface area (Å²) in [5, 5.41) is 59.3. The van der Waals surface area contributed by atoms with Gasteiger partial charge in [0.05, 0.1) is 13.2 Å². The summed E-state index contributed by atoms with van der Waals surface area (Å²) < 4.78 is 20.8. The fourth-order valence-corrected chi connectivity index (χ4v) is 3.15. The Morgan fingerprint density at radius 2 is 1.61 bits per heavy atom. The van der Waals surface area contributed by atoms with Gasteiger partial charge in [-0.3, -0.25) is 0 Å². The van der Waals surface area contributed by atoms with Crippen LogP contribution < -0.4 is 0 Å². The number of ether oxygens (including phenoxy) is 4. The SMILES string of the molecule is O=C(C=Cc1ccccc1)O[C@@H]1O[C@H](CO[C@@H]2OC[C@H](O)[C@H](O)[C@H]2O)[C@@H](O)[C@H](O)[C@H]1O. The number of carbonyl (C=O) groups is 1. The van der Waals surface area contributed by atoms with Crippen LogP contribution in [-0.4, -0.2) is 105 Å². The van der Waals surface area contributed by atoms with Crippen molar-refractivity contribution in [3.05, 3.63) is 42.0 Å². The van der Waals surface area contributed by atoms with E-state index in [0.717, 1.165) is 11.6 Å². The number of esters is 1.